The zero-order valence-electron chi connectivity index (χ0n) is 7.99. The molecule has 3 heteroatoms. The van der Waals surface area contributed by atoms with Crippen LogP contribution in [-0.4, -0.2) is 0 Å². The molecule has 0 radical (unpaired) electrons. The van der Waals surface area contributed by atoms with Gasteiger partial charge in [-0.2, -0.15) is 0 Å². The van der Waals surface area contributed by atoms with E-state index >= 15 is 0 Å². The van der Waals surface area contributed by atoms with Gasteiger partial charge in [0.1, 0.15) is 0 Å². The normalized spacial score (nSPS) is 22.0. The summed E-state index contributed by atoms with van der Waals surface area (Å²) in [5.41, 5.74) is 2.97. The van der Waals surface area contributed by atoms with Gasteiger partial charge >= 0.3 is 88.4 Å². The Balaban J connectivity index is 0.000000845. The quantitative estimate of drug-likeness (QED) is 0.349. The summed E-state index contributed by atoms with van der Waals surface area (Å²) in [5, 5.41) is 0. The molecular weight excluding hydrogens is 564 g/mol. The summed E-state index contributed by atoms with van der Waals surface area (Å²) in [4.78, 5) is 0. The van der Waals surface area contributed by atoms with Crippen LogP contribution in [0.25, 0.3) is 6.08 Å². The van der Waals surface area contributed by atoms with Crippen molar-refractivity contribution in [2.75, 3.05) is 0 Å². The molecule has 0 amide bonds. The van der Waals surface area contributed by atoms with E-state index in [0.29, 0.717) is 3.17 Å². The fourth-order valence-corrected chi connectivity index (χ4v) is 2.80. The van der Waals surface area contributed by atoms with Crippen LogP contribution in [-0.2, 0) is 27.5 Å². The molecule has 0 nitrogen and oxygen atoms in total. The van der Waals surface area contributed by atoms with Crippen molar-refractivity contribution in [1.29, 1.82) is 0 Å². The first-order valence-electron chi connectivity index (χ1n) is 4.30. The molecule has 0 aliphatic heterocycles. The maximum atomic E-state index is 2.38. The molecule has 0 aromatic heterocycles. The molecule has 1 atom stereocenters. The summed E-state index contributed by atoms with van der Waals surface area (Å²) in [6.07, 6.45) is 5.89. The second kappa shape index (κ2) is 6.13. The van der Waals surface area contributed by atoms with Gasteiger partial charge < -0.3 is 0 Å². The zero-order valence-corrected chi connectivity index (χ0v) is 16.2. The van der Waals surface area contributed by atoms with Gasteiger partial charge in [0, 0.05) is 0 Å². The number of benzene rings is 1. The summed E-state index contributed by atoms with van der Waals surface area (Å²) in [5.74, 6) is 0. The van der Waals surface area contributed by atoms with Crippen molar-refractivity contribution in [2.45, 2.75) is 16.5 Å². The van der Waals surface area contributed by atoms with Crippen LogP contribution in [0, 0.1) is 0 Å². The Morgan fingerprint density at radius 2 is 1.86 bits per heavy atom. The summed E-state index contributed by atoms with van der Waals surface area (Å²) in [7, 11) is 0. The summed E-state index contributed by atoms with van der Waals surface area (Å²) < 4.78 is 0.427. The van der Waals surface area contributed by atoms with Gasteiger partial charge in [0.25, 0.3) is 0 Å². The average Bonchev–Trinajstić information content (AvgIpc) is 2.46. The monoisotopic (exact) mass is 579 g/mol. The number of hydrogen-bond donors (Lipinski definition) is 0. The maximum absolute atomic E-state index is 2.38. The number of fused-ring (bicyclic) bond motifs is 1. The molecule has 1 aliphatic rings. The third kappa shape index (κ3) is 2.70. The van der Waals surface area contributed by atoms with Gasteiger partial charge in [0.05, 0.1) is 0 Å². The molecule has 75 valence electrons. The molecule has 0 N–H and O–H groups in total. The first kappa shape index (κ1) is 15.3. The fourth-order valence-electron chi connectivity index (χ4n) is 1.68. The van der Waals surface area contributed by atoms with E-state index in [1.807, 2.05) is 0 Å². The Morgan fingerprint density at radius 3 is 2.50 bits per heavy atom. The molecule has 0 fully saturated rings. The van der Waals surface area contributed by atoms with Crippen molar-refractivity contribution in [3.8, 4) is 0 Å². The van der Waals surface area contributed by atoms with Gasteiger partial charge in [0.2, 0.25) is 0 Å². The fraction of sp³-hybridized carbons (Fsp3) is 0.273. The van der Waals surface area contributed by atoms with Crippen LogP contribution >= 0.6 is 48.0 Å². The van der Waals surface area contributed by atoms with Crippen LogP contribution in [0.1, 0.15) is 24.5 Å². The molecule has 0 heterocycles. The van der Waals surface area contributed by atoms with Gasteiger partial charge in [-0.15, -0.1) is 48.0 Å². The van der Waals surface area contributed by atoms with Gasteiger partial charge in [-0.1, -0.05) is 0 Å². The van der Waals surface area contributed by atoms with Gasteiger partial charge in [0.15, 0.2) is 0 Å². The molecule has 1 unspecified atom stereocenters. The third-order valence-corrected chi connectivity index (χ3v) is 5.38. The zero-order chi connectivity index (χ0) is 8.60. The van der Waals surface area contributed by atoms with Crippen molar-refractivity contribution in [2.24, 2.45) is 0 Å². The molecule has 1 aliphatic carbocycles. The summed E-state index contributed by atoms with van der Waals surface area (Å²) >= 11 is 1.22. The molecule has 0 spiro atoms. The average molecular weight is 578 g/mol. The number of hydrogen-bond acceptors (Lipinski definition) is 0. The van der Waals surface area contributed by atoms with Gasteiger partial charge in [-0.05, 0) is 0 Å². The number of halogens is 2. The molecule has 0 bridgehead atoms. The standard InChI is InChI=1S/C11H11.Hf.2HI/c1-2-9-7-8-10-5-3-4-6-11(9)10;;;/h3-8H,2H2,1H3;;2*1H. The molecule has 14 heavy (non-hydrogen) atoms. The summed E-state index contributed by atoms with van der Waals surface area (Å²) in [6, 6.07) is 8.74. The minimum Gasteiger partial charge on any atom is -0.107 e. The van der Waals surface area contributed by atoms with Crippen LogP contribution in [0.15, 0.2) is 30.3 Å². The van der Waals surface area contributed by atoms with Crippen molar-refractivity contribution in [1.82, 2.24) is 0 Å². The van der Waals surface area contributed by atoms with Crippen molar-refractivity contribution < 1.29 is 24.4 Å². The number of allylic oxidation sites excluding steroid dienone is 1. The molecule has 1 aromatic rings. The number of rotatable bonds is 1. The molecule has 2 rings (SSSR count). The Hall–Kier alpha value is 1.29. The van der Waals surface area contributed by atoms with Crippen LogP contribution < -0.4 is 0 Å². The maximum Gasteiger partial charge on any atom is -0.107 e. The van der Waals surface area contributed by atoms with Crippen molar-refractivity contribution >= 4 is 54.0 Å². The second-order valence-electron chi connectivity index (χ2n) is 3.25. The molecule has 0 saturated heterocycles. The Bertz CT molecular complexity index is 336. The summed E-state index contributed by atoms with van der Waals surface area (Å²) in [6.45, 7) is 2.28. The molecule has 0 saturated carbocycles. The van der Waals surface area contributed by atoms with Crippen LogP contribution in [0.4, 0.5) is 0 Å². The Morgan fingerprint density at radius 1 is 1.21 bits per heavy atom. The van der Waals surface area contributed by atoms with Crippen molar-refractivity contribution in [3.05, 3.63) is 41.5 Å². The van der Waals surface area contributed by atoms with Crippen molar-refractivity contribution in [3.63, 3.8) is 0 Å². The predicted molar refractivity (Wildman–Crippen MR) is 78.3 cm³/mol. The second-order valence-corrected chi connectivity index (χ2v) is 6.45. The topological polar surface area (TPSA) is 0 Å². The third-order valence-electron chi connectivity index (χ3n) is 2.55. The minimum absolute atomic E-state index is 0. The van der Waals surface area contributed by atoms with Crippen LogP contribution in [0.5, 0.6) is 0 Å². The van der Waals surface area contributed by atoms with Crippen LogP contribution in [0.3, 0.4) is 0 Å². The van der Waals surface area contributed by atoms with E-state index in [-0.39, 0.29) is 48.0 Å². The smallest absolute Gasteiger partial charge is 0.107 e. The largest absolute Gasteiger partial charge is 0.107 e. The Labute approximate surface area is 135 Å². The molecule has 1 aromatic carbocycles. The van der Waals surface area contributed by atoms with E-state index in [1.54, 1.807) is 5.56 Å². The van der Waals surface area contributed by atoms with E-state index in [1.165, 1.54) is 36.4 Å². The van der Waals surface area contributed by atoms with E-state index in [2.05, 4.69) is 43.3 Å². The van der Waals surface area contributed by atoms with E-state index in [4.69, 9.17) is 0 Å². The first-order valence-corrected chi connectivity index (χ1v) is 6.10. The minimum atomic E-state index is 0. The van der Waals surface area contributed by atoms with E-state index < -0.39 is 0 Å². The SMILES string of the molecule is CC[C]1([Hf])C=Cc2ccccc21.I.I. The van der Waals surface area contributed by atoms with Crippen LogP contribution in [0.2, 0.25) is 0 Å². The van der Waals surface area contributed by atoms with Gasteiger partial charge in [-0.25, -0.2) is 0 Å². The van der Waals surface area contributed by atoms with Gasteiger partial charge in [-0.3, -0.25) is 0 Å². The first-order chi connectivity index (χ1) is 5.76. The Kier molecular flexibility index (Phi) is 6.70. The molecular formula is C11H13HfI2. The predicted octanol–water partition coefficient (Wildman–Crippen LogP) is 4.10. The van der Waals surface area contributed by atoms with E-state index in [0.717, 1.165) is 0 Å². The van der Waals surface area contributed by atoms with E-state index in [9.17, 15) is 0 Å².